The summed E-state index contributed by atoms with van der Waals surface area (Å²) in [6, 6.07) is 7.99. The van der Waals surface area contributed by atoms with Crippen molar-refractivity contribution in [1.29, 1.82) is 0 Å². The van der Waals surface area contributed by atoms with E-state index in [-0.39, 0.29) is 5.54 Å². The Morgan fingerprint density at radius 3 is 2.48 bits per heavy atom. The summed E-state index contributed by atoms with van der Waals surface area (Å²) >= 11 is 1.71. The fourth-order valence-electron chi connectivity index (χ4n) is 1.80. The van der Waals surface area contributed by atoms with Crippen LogP contribution in [0.3, 0.4) is 0 Å². The van der Waals surface area contributed by atoms with Crippen LogP contribution < -0.4 is 15.0 Å². The van der Waals surface area contributed by atoms with Crippen LogP contribution in [0.15, 0.2) is 30.5 Å². The fraction of sp³-hybridized carbons (Fsp3) is 0.438. The van der Waals surface area contributed by atoms with Crippen molar-refractivity contribution in [3.8, 4) is 5.75 Å². The van der Waals surface area contributed by atoms with Gasteiger partial charge in [-0.1, -0.05) is 0 Å². The van der Waals surface area contributed by atoms with Crippen LogP contribution >= 0.6 is 11.3 Å². The van der Waals surface area contributed by atoms with Crippen LogP contribution in [0, 0.1) is 0 Å². The Hall–Kier alpha value is -1.59. The highest BCUT2D eigenvalue weighted by atomic mass is 32.1. The lowest BCUT2D eigenvalue weighted by atomic mass is 10.1. The number of rotatable bonds is 5. The first-order chi connectivity index (χ1) is 9.89. The molecule has 0 unspecified atom stereocenters. The SMILES string of the molecule is COc1ccc(N(C)c2ncc(CNC(C)(C)C)s2)cc1. The Morgan fingerprint density at radius 2 is 1.90 bits per heavy atom. The van der Waals surface area contributed by atoms with Crippen LogP contribution in [0.25, 0.3) is 0 Å². The molecule has 0 bridgehead atoms. The van der Waals surface area contributed by atoms with Crippen molar-refractivity contribution in [1.82, 2.24) is 10.3 Å². The molecule has 2 aromatic rings. The molecule has 2 rings (SSSR count). The molecule has 0 saturated carbocycles. The van der Waals surface area contributed by atoms with Gasteiger partial charge in [-0.25, -0.2) is 4.98 Å². The minimum Gasteiger partial charge on any atom is -0.497 e. The molecule has 0 aliphatic heterocycles. The molecule has 114 valence electrons. The molecule has 1 aromatic carbocycles. The highest BCUT2D eigenvalue weighted by molar-refractivity contribution is 7.15. The van der Waals surface area contributed by atoms with Crippen LogP contribution in [-0.2, 0) is 6.54 Å². The molecule has 0 aliphatic carbocycles. The summed E-state index contributed by atoms with van der Waals surface area (Å²) < 4.78 is 5.18. The average molecular weight is 305 g/mol. The minimum atomic E-state index is 0.117. The highest BCUT2D eigenvalue weighted by Crippen LogP contribution is 2.29. The Morgan fingerprint density at radius 1 is 1.24 bits per heavy atom. The van der Waals surface area contributed by atoms with Gasteiger partial charge in [0.15, 0.2) is 5.13 Å². The van der Waals surface area contributed by atoms with Gasteiger partial charge in [0.25, 0.3) is 0 Å². The van der Waals surface area contributed by atoms with Gasteiger partial charge >= 0.3 is 0 Å². The maximum Gasteiger partial charge on any atom is 0.189 e. The Balaban J connectivity index is 2.05. The van der Waals surface area contributed by atoms with E-state index in [9.17, 15) is 0 Å². The van der Waals surface area contributed by atoms with E-state index in [2.05, 4.69) is 36.0 Å². The summed E-state index contributed by atoms with van der Waals surface area (Å²) in [6.07, 6.45) is 1.94. The van der Waals surface area contributed by atoms with E-state index in [1.807, 2.05) is 37.5 Å². The van der Waals surface area contributed by atoms with Gasteiger partial charge in [-0.05, 0) is 45.0 Å². The van der Waals surface area contributed by atoms with Crippen molar-refractivity contribution >= 4 is 22.2 Å². The third-order valence-corrected chi connectivity index (χ3v) is 4.15. The lowest BCUT2D eigenvalue weighted by Gasteiger charge is -2.19. The van der Waals surface area contributed by atoms with Gasteiger partial charge in [-0.3, -0.25) is 0 Å². The molecular formula is C16H23N3OS. The fourth-order valence-corrected chi connectivity index (χ4v) is 2.63. The third kappa shape index (κ3) is 4.44. The number of benzene rings is 1. The number of hydrogen-bond donors (Lipinski definition) is 1. The van der Waals surface area contributed by atoms with Crippen LogP contribution in [-0.4, -0.2) is 24.7 Å². The Kier molecular flexibility index (Phi) is 4.85. The highest BCUT2D eigenvalue weighted by Gasteiger charge is 2.12. The lowest BCUT2D eigenvalue weighted by Crippen LogP contribution is -2.34. The first-order valence-corrected chi connectivity index (χ1v) is 7.78. The zero-order chi connectivity index (χ0) is 15.5. The average Bonchev–Trinajstić information content (AvgIpc) is 2.93. The van der Waals surface area contributed by atoms with E-state index in [0.29, 0.717) is 0 Å². The summed E-state index contributed by atoms with van der Waals surface area (Å²) in [5.74, 6) is 0.862. The monoisotopic (exact) mass is 305 g/mol. The molecule has 0 saturated heterocycles. The largest absolute Gasteiger partial charge is 0.497 e. The number of ether oxygens (including phenoxy) is 1. The van der Waals surface area contributed by atoms with Crippen LogP contribution in [0.2, 0.25) is 0 Å². The van der Waals surface area contributed by atoms with Gasteiger partial charge in [0.05, 0.1) is 7.11 Å². The summed E-state index contributed by atoms with van der Waals surface area (Å²) in [5, 5.41) is 4.47. The zero-order valence-electron chi connectivity index (χ0n) is 13.3. The quantitative estimate of drug-likeness (QED) is 0.911. The molecule has 0 spiro atoms. The molecule has 0 fully saturated rings. The van der Waals surface area contributed by atoms with Crippen LogP contribution in [0.5, 0.6) is 5.75 Å². The smallest absolute Gasteiger partial charge is 0.189 e. The van der Waals surface area contributed by atoms with Gasteiger partial charge in [0.1, 0.15) is 5.75 Å². The normalized spacial score (nSPS) is 11.5. The minimum absolute atomic E-state index is 0.117. The van der Waals surface area contributed by atoms with Gasteiger partial charge in [0.2, 0.25) is 0 Å². The molecule has 0 amide bonds. The second kappa shape index (κ2) is 6.45. The second-order valence-electron chi connectivity index (χ2n) is 5.97. The zero-order valence-corrected chi connectivity index (χ0v) is 14.1. The van der Waals surface area contributed by atoms with E-state index in [1.54, 1.807) is 18.4 Å². The van der Waals surface area contributed by atoms with E-state index < -0.39 is 0 Å². The molecule has 21 heavy (non-hydrogen) atoms. The summed E-state index contributed by atoms with van der Waals surface area (Å²) in [4.78, 5) is 7.83. The second-order valence-corrected chi connectivity index (χ2v) is 7.06. The van der Waals surface area contributed by atoms with Gasteiger partial charge in [0, 0.05) is 35.9 Å². The first-order valence-electron chi connectivity index (χ1n) is 6.96. The number of methoxy groups -OCH3 is 1. The molecule has 1 aromatic heterocycles. The number of aromatic nitrogens is 1. The maximum absolute atomic E-state index is 5.18. The van der Waals surface area contributed by atoms with Gasteiger partial charge < -0.3 is 15.0 Å². The molecular weight excluding hydrogens is 282 g/mol. The maximum atomic E-state index is 5.18. The predicted molar refractivity (Wildman–Crippen MR) is 89.8 cm³/mol. The van der Waals surface area contributed by atoms with E-state index in [4.69, 9.17) is 4.74 Å². The Labute approximate surface area is 130 Å². The lowest BCUT2D eigenvalue weighted by molar-refractivity contribution is 0.415. The van der Waals surface area contributed by atoms with E-state index in [1.165, 1.54) is 4.88 Å². The van der Waals surface area contributed by atoms with Crippen molar-refractivity contribution in [2.75, 3.05) is 19.1 Å². The number of nitrogens with zero attached hydrogens (tertiary/aromatic N) is 2. The van der Waals surface area contributed by atoms with Crippen molar-refractivity contribution in [2.45, 2.75) is 32.9 Å². The van der Waals surface area contributed by atoms with E-state index in [0.717, 1.165) is 23.1 Å². The van der Waals surface area contributed by atoms with Gasteiger partial charge in [-0.15, -0.1) is 11.3 Å². The summed E-state index contributed by atoms with van der Waals surface area (Å²) in [6.45, 7) is 7.34. The van der Waals surface area contributed by atoms with Crippen molar-refractivity contribution in [3.05, 3.63) is 35.3 Å². The predicted octanol–water partition coefficient (Wildman–Crippen LogP) is 3.81. The number of anilines is 2. The third-order valence-electron chi connectivity index (χ3n) is 3.08. The van der Waals surface area contributed by atoms with Crippen molar-refractivity contribution in [2.24, 2.45) is 0 Å². The van der Waals surface area contributed by atoms with Crippen molar-refractivity contribution < 1.29 is 4.74 Å². The summed E-state index contributed by atoms with van der Waals surface area (Å²) in [5.41, 5.74) is 1.21. The molecule has 5 heteroatoms. The molecule has 1 heterocycles. The number of hydrogen-bond acceptors (Lipinski definition) is 5. The summed E-state index contributed by atoms with van der Waals surface area (Å²) in [7, 11) is 3.70. The van der Waals surface area contributed by atoms with Crippen LogP contribution in [0.1, 0.15) is 25.6 Å². The molecule has 0 atom stereocenters. The molecule has 1 N–H and O–H groups in total. The first kappa shape index (κ1) is 15.8. The topological polar surface area (TPSA) is 37.4 Å². The van der Waals surface area contributed by atoms with Crippen LogP contribution in [0.4, 0.5) is 10.8 Å². The number of nitrogens with one attached hydrogen (secondary N) is 1. The standard InChI is InChI=1S/C16H23N3OS/c1-16(2,3)18-11-14-10-17-15(21-14)19(4)12-6-8-13(20-5)9-7-12/h6-10,18H,11H2,1-5H3. The van der Waals surface area contributed by atoms with Gasteiger partial charge in [-0.2, -0.15) is 0 Å². The molecule has 0 aliphatic rings. The van der Waals surface area contributed by atoms with E-state index >= 15 is 0 Å². The van der Waals surface area contributed by atoms with Crippen molar-refractivity contribution in [3.63, 3.8) is 0 Å². The Bertz CT molecular complexity index is 572. The molecule has 4 nitrogen and oxygen atoms in total. The molecule has 0 radical (unpaired) electrons. The number of thiazole rings is 1.